The predicted molar refractivity (Wildman–Crippen MR) is 72.4 cm³/mol. The molecule has 6 heteroatoms. The maximum Gasteiger partial charge on any atom is 0.241 e. The van der Waals surface area contributed by atoms with Gasteiger partial charge in [-0.1, -0.05) is 12.1 Å². The van der Waals surface area contributed by atoms with E-state index in [2.05, 4.69) is 16.0 Å². The lowest BCUT2D eigenvalue weighted by Gasteiger charge is -2.11. The molecule has 0 aliphatic heterocycles. The van der Waals surface area contributed by atoms with Crippen molar-refractivity contribution in [1.82, 2.24) is 10.6 Å². The minimum atomic E-state index is -0.238. The summed E-state index contributed by atoms with van der Waals surface area (Å²) in [6, 6.07) is 7.11. The van der Waals surface area contributed by atoms with Gasteiger partial charge in [0.05, 0.1) is 12.6 Å². The Morgan fingerprint density at radius 3 is 2.63 bits per heavy atom. The third kappa shape index (κ3) is 5.50. The molecule has 1 aromatic carbocycles. The molecule has 0 fully saturated rings. The second-order valence-corrected chi connectivity index (χ2v) is 4.01. The number of carbonyl (C=O) groups is 2. The van der Waals surface area contributed by atoms with Gasteiger partial charge < -0.3 is 20.7 Å². The number of likely N-dealkylation sites (N-methyl/N-ethyl adjacent to an activating group) is 1. The van der Waals surface area contributed by atoms with Crippen LogP contribution in [0.15, 0.2) is 24.3 Å². The lowest BCUT2D eigenvalue weighted by Crippen LogP contribution is -2.35. The molecule has 0 aliphatic carbocycles. The van der Waals surface area contributed by atoms with E-state index in [-0.39, 0.29) is 18.7 Å². The molecule has 3 N–H and O–H groups in total. The summed E-state index contributed by atoms with van der Waals surface area (Å²) >= 11 is 0. The number of rotatable bonds is 8. The molecule has 0 aliphatic rings. The van der Waals surface area contributed by atoms with Crippen LogP contribution in [0.25, 0.3) is 0 Å². The fourth-order valence-electron chi connectivity index (χ4n) is 1.33. The number of hydrogen-bond acceptors (Lipinski definition) is 4. The first kappa shape index (κ1) is 15.1. The summed E-state index contributed by atoms with van der Waals surface area (Å²) in [5, 5.41) is 8.07. The lowest BCUT2D eigenvalue weighted by molar-refractivity contribution is -0.117. The molecular weight excluding hydrogens is 246 g/mol. The molecule has 0 aromatic heterocycles. The first-order valence-corrected chi connectivity index (χ1v) is 5.99. The molecule has 2 amide bonds. The van der Waals surface area contributed by atoms with Gasteiger partial charge in [0.25, 0.3) is 0 Å². The monoisotopic (exact) mass is 265 g/mol. The summed E-state index contributed by atoms with van der Waals surface area (Å²) < 4.78 is 5.20. The molecule has 0 unspecified atom stereocenters. The van der Waals surface area contributed by atoms with Crippen LogP contribution in [-0.2, 0) is 20.9 Å². The summed E-state index contributed by atoms with van der Waals surface area (Å²) in [5.74, 6) is -0.0818. The number of nitrogens with one attached hydrogen (secondary N) is 3. The Balaban J connectivity index is 2.43. The maximum absolute atomic E-state index is 11.6. The summed E-state index contributed by atoms with van der Waals surface area (Å²) in [7, 11) is 1.73. The maximum atomic E-state index is 11.6. The summed E-state index contributed by atoms with van der Waals surface area (Å²) in [6.07, 6.45) is 0.585. The highest BCUT2D eigenvalue weighted by Gasteiger charge is 2.09. The van der Waals surface area contributed by atoms with Crippen LogP contribution in [0.4, 0.5) is 5.69 Å². The Morgan fingerprint density at radius 2 is 2.05 bits per heavy atom. The van der Waals surface area contributed by atoms with Gasteiger partial charge in [-0.05, 0) is 31.7 Å². The Labute approximate surface area is 112 Å². The third-order valence-corrected chi connectivity index (χ3v) is 2.59. The van der Waals surface area contributed by atoms with Gasteiger partial charge in [0.15, 0.2) is 0 Å². The van der Waals surface area contributed by atoms with E-state index < -0.39 is 0 Å². The first-order valence-electron chi connectivity index (χ1n) is 5.99. The van der Waals surface area contributed by atoms with Gasteiger partial charge in [-0.2, -0.15) is 0 Å². The fourth-order valence-corrected chi connectivity index (χ4v) is 1.33. The van der Waals surface area contributed by atoms with E-state index in [1.165, 1.54) is 0 Å². The highest BCUT2D eigenvalue weighted by Crippen LogP contribution is 2.10. The highest BCUT2D eigenvalue weighted by atomic mass is 16.5. The molecule has 0 saturated carbocycles. The zero-order chi connectivity index (χ0) is 14.1. The van der Waals surface area contributed by atoms with Crippen LogP contribution < -0.4 is 16.0 Å². The van der Waals surface area contributed by atoms with Crippen molar-refractivity contribution in [2.75, 3.05) is 19.1 Å². The number of ether oxygens (including phenoxy) is 1. The molecule has 0 heterocycles. The van der Waals surface area contributed by atoms with E-state index in [1.807, 2.05) is 24.3 Å². The quantitative estimate of drug-likeness (QED) is 0.362. The molecule has 0 saturated heterocycles. The van der Waals surface area contributed by atoms with Crippen molar-refractivity contribution >= 4 is 18.0 Å². The summed E-state index contributed by atoms with van der Waals surface area (Å²) in [6.45, 7) is 2.38. The van der Waals surface area contributed by atoms with Gasteiger partial charge in [-0.15, -0.1) is 0 Å². The Hall–Kier alpha value is -1.92. The van der Waals surface area contributed by atoms with Crippen LogP contribution in [0.3, 0.4) is 0 Å². The Bertz CT molecular complexity index is 406. The lowest BCUT2D eigenvalue weighted by atomic mass is 10.2. The van der Waals surface area contributed by atoms with Crippen LogP contribution in [0.5, 0.6) is 0 Å². The van der Waals surface area contributed by atoms with Crippen molar-refractivity contribution in [2.45, 2.75) is 19.6 Å². The van der Waals surface area contributed by atoms with Crippen LogP contribution in [0.2, 0.25) is 0 Å². The molecule has 0 spiro atoms. The minimum absolute atomic E-state index is 0.0818. The van der Waals surface area contributed by atoms with Gasteiger partial charge in [-0.25, -0.2) is 0 Å². The molecule has 6 nitrogen and oxygen atoms in total. The normalized spacial score (nSPS) is 11.7. The summed E-state index contributed by atoms with van der Waals surface area (Å²) in [5.41, 5.74) is 1.70. The molecular formula is C13H19N3O3. The zero-order valence-electron chi connectivity index (χ0n) is 11.1. The van der Waals surface area contributed by atoms with Crippen molar-refractivity contribution in [2.24, 2.45) is 0 Å². The number of carbonyl (C=O) groups excluding carboxylic acids is 2. The van der Waals surface area contributed by atoms with Crippen molar-refractivity contribution in [1.29, 1.82) is 0 Å². The molecule has 0 radical (unpaired) electrons. The van der Waals surface area contributed by atoms with E-state index in [1.54, 1.807) is 14.0 Å². The predicted octanol–water partition coefficient (Wildman–Crippen LogP) is 0.453. The van der Waals surface area contributed by atoms with E-state index in [9.17, 15) is 9.59 Å². The molecule has 104 valence electrons. The third-order valence-electron chi connectivity index (χ3n) is 2.59. The van der Waals surface area contributed by atoms with E-state index in [4.69, 9.17) is 4.74 Å². The summed E-state index contributed by atoms with van der Waals surface area (Å²) in [4.78, 5) is 21.6. The second kappa shape index (κ2) is 8.23. The number of hydrogen-bond donors (Lipinski definition) is 3. The minimum Gasteiger partial charge on any atom is -0.357 e. The van der Waals surface area contributed by atoms with Gasteiger partial charge in [0.1, 0.15) is 6.73 Å². The topological polar surface area (TPSA) is 79.5 Å². The van der Waals surface area contributed by atoms with Crippen molar-refractivity contribution in [3.8, 4) is 0 Å². The van der Waals surface area contributed by atoms with Crippen LogP contribution >= 0.6 is 0 Å². The average Bonchev–Trinajstić information content (AvgIpc) is 2.44. The van der Waals surface area contributed by atoms with Crippen LogP contribution in [0, 0.1) is 0 Å². The highest BCUT2D eigenvalue weighted by molar-refractivity contribution is 5.94. The molecule has 1 rings (SSSR count). The largest absolute Gasteiger partial charge is 0.357 e. The Kier molecular flexibility index (Phi) is 6.56. The van der Waals surface area contributed by atoms with Crippen molar-refractivity contribution < 1.29 is 14.3 Å². The van der Waals surface area contributed by atoms with Gasteiger partial charge >= 0.3 is 0 Å². The van der Waals surface area contributed by atoms with Gasteiger partial charge in [-0.3, -0.25) is 9.59 Å². The molecule has 1 aromatic rings. The number of anilines is 1. The van der Waals surface area contributed by atoms with Crippen molar-refractivity contribution in [3.63, 3.8) is 0 Å². The second-order valence-electron chi connectivity index (χ2n) is 4.01. The average molecular weight is 265 g/mol. The van der Waals surface area contributed by atoms with Crippen molar-refractivity contribution in [3.05, 3.63) is 29.8 Å². The Morgan fingerprint density at radius 1 is 1.37 bits per heavy atom. The molecule has 1 atom stereocenters. The first-order chi connectivity index (χ1) is 9.17. The SMILES string of the molecule is CN[C@H](C)C(=O)Nc1ccc(COCNC=O)cc1. The van der Waals surface area contributed by atoms with E-state index in [0.717, 1.165) is 11.3 Å². The van der Waals surface area contributed by atoms with E-state index in [0.29, 0.717) is 13.0 Å². The van der Waals surface area contributed by atoms with Crippen LogP contribution in [0.1, 0.15) is 12.5 Å². The zero-order valence-corrected chi connectivity index (χ0v) is 11.1. The van der Waals surface area contributed by atoms with Crippen LogP contribution in [-0.4, -0.2) is 32.1 Å². The number of amides is 2. The van der Waals surface area contributed by atoms with E-state index >= 15 is 0 Å². The van der Waals surface area contributed by atoms with Gasteiger partial charge in [0.2, 0.25) is 12.3 Å². The smallest absolute Gasteiger partial charge is 0.241 e. The number of benzene rings is 1. The fraction of sp³-hybridized carbons (Fsp3) is 0.385. The standard InChI is InChI=1S/C13H19N3O3/c1-10(14-2)13(18)16-12-5-3-11(4-6-12)7-19-9-15-8-17/h3-6,8,10,14H,7,9H2,1-2H3,(H,15,17)(H,16,18)/t10-/m1/s1. The molecule has 19 heavy (non-hydrogen) atoms. The molecule has 0 bridgehead atoms. The van der Waals surface area contributed by atoms with Gasteiger partial charge in [0, 0.05) is 5.69 Å².